The predicted molar refractivity (Wildman–Crippen MR) is 101 cm³/mol. The largest absolute Gasteiger partial charge is 0.494 e. The number of hydrogen-bond acceptors (Lipinski definition) is 4. The summed E-state index contributed by atoms with van der Waals surface area (Å²) in [6.45, 7) is 7.20. The van der Waals surface area contributed by atoms with Crippen molar-refractivity contribution < 1.29 is 14.3 Å². The Hall–Kier alpha value is -2.62. The molecule has 2 aromatic rings. The van der Waals surface area contributed by atoms with Crippen LogP contribution < -0.4 is 4.74 Å². The van der Waals surface area contributed by atoms with Gasteiger partial charge in [-0.2, -0.15) is 0 Å². The minimum Gasteiger partial charge on any atom is -0.494 e. The molecule has 0 aliphatic heterocycles. The summed E-state index contributed by atoms with van der Waals surface area (Å²) in [5.74, 6) is 0.932. The van der Waals surface area contributed by atoms with E-state index in [1.54, 1.807) is 18.3 Å². The average Bonchev–Trinajstić information content (AvgIpc) is 2.66. The van der Waals surface area contributed by atoms with Crippen LogP contribution in [0, 0.1) is 5.92 Å². The van der Waals surface area contributed by atoms with Crippen LogP contribution in [0.5, 0.6) is 5.75 Å². The summed E-state index contributed by atoms with van der Waals surface area (Å²) in [6.07, 6.45) is 2.76. The van der Waals surface area contributed by atoms with Crippen molar-refractivity contribution in [3.63, 3.8) is 0 Å². The van der Waals surface area contributed by atoms with E-state index < -0.39 is 0 Å². The molecule has 0 N–H and O–H groups in total. The van der Waals surface area contributed by atoms with Crippen molar-refractivity contribution in [2.24, 2.45) is 10.9 Å². The summed E-state index contributed by atoms with van der Waals surface area (Å²) >= 11 is 0. The van der Waals surface area contributed by atoms with E-state index in [2.05, 4.69) is 18.8 Å². The first-order chi connectivity index (χ1) is 12.1. The smallest absolute Gasteiger partial charge is 0.338 e. The van der Waals surface area contributed by atoms with E-state index >= 15 is 0 Å². The lowest BCUT2D eigenvalue weighted by Crippen LogP contribution is -2.11. The maximum absolute atomic E-state index is 12.0. The zero-order chi connectivity index (χ0) is 18.1. The number of rotatable bonds is 8. The second kappa shape index (κ2) is 9.62. The van der Waals surface area contributed by atoms with E-state index in [9.17, 15) is 4.79 Å². The van der Waals surface area contributed by atoms with Crippen LogP contribution in [0.3, 0.4) is 0 Å². The fourth-order valence-electron chi connectivity index (χ4n) is 2.07. The molecule has 0 saturated carbocycles. The molecule has 0 aromatic heterocycles. The zero-order valence-electron chi connectivity index (χ0n) is 15.1. The zero-order valence-corrected chi connectivity index (χ0v) is 15.1. The van der Waals surface area contributed by atoms with Gasteiger partial charge in [0.1, 0.15) is 5.75 Å². The van der Waals surface area contributed by atoms with Crippen molar-refractivity contribution in [3.05, 3.63) is 59.7 Å². The standard InChI is InChI=1S/C21H25NO3/c1-4-16(3)15-25-21(23)18-8-6-17(7-9-18)14-22-19-10-12-20(13-11-19)24-5-2/h6-14,16H,4-5,15H2,1-3H3. The second-order valence-electron chi connectivity index (χ2n) is 5.92. The van der Waals surface area contributed by atoms with Gasteiger partial charge in [0.2, 0.25) is 0 Å². The molecular weight excluding hydrogens is 314 g/mol. The van der Waals surface area contributed by atoms with Gasteiger partial charge in [0, 0.05) is 6.21 Å². The molecule has 25 heavy (non-hydrogen) atoms. The van der Waals surface area contributed by atoms with Crippen molar-refractivity contribution in [2.45, 2.75) is 27.2 Å². The van der Waals surface area contributed by atoms with Crippen molar-refractivity contribution in [1.29, 1.82) is 0 Å². The Kier molecular flexibility index (Phi) is 7.20. The Bertz CT molecular complexity index is 690. The van der Waals surface area contributed by atoms with Gasteiger partial charge in [-0.05, 0) is 54.8 Å². The van der Waals surface area contributed by atoms with Gasteiger partial charge in [0.15, 0.2) is 0 Å². The van der Waals surface area contributed by atoms with Gasteiger partial charge >= 0.3 is 5.97 Å². The predicted octanol–water partition coefficient (Wildman–Crippen LogP) is 5.04. The summed E-state index contributed by atoms with van der Waals surface area (Å²) in [6, 6.07) is 14.8. The second-order valence-corrected chi connectivity index (χ2v) is 5.92. The third-order valence-electron chi connectivity index (χ3n) is 3.85. The molecule has 2 rings (SSSR count). The average molecular weight is 339 g/mol. The van der Waals surface area contributed by atoms with Crippen LogP contribution in [0.2, 0.25) is 0 Å². The minimum absolute atomic E-state index is 0.282. The molecule has 4 nitrogen and oxygen atoms in total. The first kappa shape index (κ1) is 18.7. The summed E-state index contributed by atoms with van der Waals surface area (Å²) in [4.78, 5) is 16.4. The fourth-order valence-corrected chi connectivity index (χ4v) is 2.07. The molecule has 1 unspecified atom stereocenters. The van der Waals surface area contributed by atoms with Crippen LogP contribution in [-0.4, -0.2) is 25.4 Å². The number of esters is 1. The third kappa shape index (κ3) is 6.07. The van der Waals surface area contributed by atoms with Crippen LogP contribution in [0.15, 0.2) is 53.5 Å². The lowest BCUT2D eigenvalue weighted by Gasteiger charge is -2.09. The first-order valence-corrected chi connectivity index (χ1v) is 8.66. The van der Waals surface area contributed by atoms with E-state index in [4.69, 9.17) is 9.47 Å². The quantitative estimate of drug-likeness (QED) is 0.500. The third-order valence-corrected chi connectivity index (χ3v) is 3.85. The number of carbonyl (C=O) groups excluding carboxylic acids is 1. The molecule has 0 aliphatic rings. The highest BCUT2D eigenvalue weighted by atomic mass is 16.5. The number of aliphatic imine (C=N–C) groups is 1. The lowest BCUT2D eigenvalue weighted by atomic mass is 10.1. The molecule has 0 fully saturated rings. The van der Waals surface area contributed by atoms with Crippen molar-refractivity contribution in [2.75, 3.05) is 13.2 Å². The summed E-state index contributed by atoms with van der Waals surface area (Å²) in [7, 11) is 0. The summed E-state index contributed by atoms with van der Waals surface area (Å²) < 4.78 is 10.7. The van der Waals surface area contributed by atoms with Crippen LogP contribution in [0.1, 0.15) is 43.1 Å². The summed E-state index contributed by atoms with van der Waals surface area (Å²) in [5, 5.41) is 0. The van der Waals surface area contributed by atoms with E-state index in [1.165, 1.54) is 0 Å². The van der Waals surface area contributed by atoms with Crippen molar-refractivity contribution >= 4 is 17.9 Å². The maximum Gasteiger partial charge on any atom is 0.338 e. The van der Waals surface area contributed by atoms with Gasteiger partial charge in [0.25, 0.3) is 0 Å². The molecule has 0 radical (unpaired) electrons. The molecule has 0 bridgehead atoms. The highest BCUT2D eigenvalue weighted by Gasteiger charge is 2.08. The molecule has 4 heteroatoms. The fraction of sp³-hybridized carbons (Fsp3) is 0.333. The highest BCUT2D eigenvalue weighted by molar-refractivity contribution is 5.91. The van der Waals surface area contributed by atoms with Gasteiger partial charge < -0.3 is 9.47 Å². The molecule has 0 amide bonds. The molecule has 0 spiro atoms. The topological polar surface area (TPSA) is 47.9 Å². The van der Waals surface area contributed by atoms with Crippen molar-refractivity contribution in [1.82, 2.24) is 0 Å². The molecule has 132 valence electrons. The summed E-state index contributed by atoms with van der Waals surface area (Å²) in [5.41, 5.74) is 2.33. The number of carbonyl (C=O) groups is 1. The minimum atomic E-state index is -0.282. The monoisotopic (exact) mass is 339 g/mol. The number of hydrogen-bond donors (Lipinski definition) is 0. The number of ether oxygens (including phenoxy) is 2. The van der Waals surface area contributed by atoms with E-state index in [0.717, 1.165) is 23.4 Å². The van der Waals surface area contributed by atoms with E-state index in [1.807, 2.05) is 43.3 Å². The Morgan fingerprint density at radius 2 is 1.76 bits per heavy atom. The van der Waals surface area contributed by atoms with Crippen LogP contribution in [0.25, 0.3) is 0 Å². The Morgan fingerprint density at radius 3 is 2.36 bits per heavy atom. The van der Waals surface area contributed by atoms with Crippen LogP contribution in [0.4, 0.5) is 5.69 Å². The number of benzene rings is 2. The Morgan fingerprint density at radius 1 is 1.08 bits per heavy atom. The van der Waals surface area contributed by atoms with E-state index in [-0.39, 0.29) is 5.97 Å². The normalized spacial score (nSPS) is 12.1. The molecular formula is C21H25NO3. The molecule has 2 aromatic carbocycles. The van der Waals surface area contributed by atoms with Gasteiger partial charge in [-0.1, -0.05) is 32.4 Å². The van der Waals surface area contributed by atoms with Gasteiger partial charge in [0.05, 0.1) is 24.5 Å². The molecule has 0 aliphatic carbocycles. The Balaban J connectivity index is 1.94. The molecule has 0 saturated heterocycles. The SMILES string of the molecule is CCOc1ccc(N=Cc2ccc(C(=O)OCC(C)CC)cc2)cc1. The van der Waals surface area contributed by atoms with Crippen LogP contribution in [-0.2, 0) is 4.74 Å². The molecule has 0 heterocycles. The molecule has 1 atom stereocenters. The van der Waals surface area contributed by atoms with Crippen molar-refractivity contribution in [3.8, 4) is 5.75 Å². The highest BCUT2D eigenvalue weighted by Crippen LogP contribution is 2.18. The number of nitrogens with zero attached hydrogens (tertiary/aromatic N) is 1. The van der Waals surface area contributed by atoms with E-state index in [0.29, 0.717) is 24.7 Å². The van der Waals surface area contributed by atoms with Gasteiger partial charge in [-0.3, -0.25) is 4.99 Å². The lowest BCUT2D eigenvalue weighted by molar-refractivity contribution is 0.0447. The van der Waals surface area contributed by atoms with Gasteiger partial charge in [-0.15, -0.1) is 0 Å². The first-order valence-electron chi connectivity index (χ1n) is 8.66. The maximum atomic E-state index is 12.0. The van der Waals surface area contributed by atoms with Gasteiger partial charge in [-0.25, -0.2) is 4.79 Å². The Labute approximate surface area is 149 Å². The van der Waals surface area contributed by atoms with Crippen LogP contribution >= 0.6 is 0 Å².